The molecule has 4 aliphatic rings. The third kappa shape index (κ3) is 7.07. The fourth-order valence-corrected chi connectivity index (χ4v) is 6.20. The lowest BCUT2D eigenvalue weighted by atomic mass is 9.72. The normalized spacial score (nSPS) is 46.5. The monoisotopic (exact) mass is 563 g/mol. The zero-order chi connectivity index (χ0) is 28.3. The Labute approximate surface area is 228 Å². The fourth-order valence-electron chi connectivity index (χ4n) is 6.20. The summed E-state index contributed by atoms with van der Waals surface area (Å²) in [4.78, 5) is 0. The van der Waals surface area contributed by atoms with Crippen LogP contribution in [0, 0.1) is 5.92 Å². The van der Waals surface area contributed by atoms with Gasteiger partial charge in [-0.15, -0.1) is 0 Å². The second kappa shape index (κ2) is 14.0. The van der Waals surface area contributed by atoms with Crippen molar-refractivity contribution in [2.45, 2.75) is 105 Å². The maximum Gasteiger partial charge on any atom is 0.186 e. The summed E-state index contributed by atoms with van der Waals surface area (Å²) in [7, 11) is 0. The molecule has 3 heterocycles. The topological polar surface area (TPSA) is 269 Å². The number of aliphatic hydroxyl groups is 5. The third-order valence-electron chi connectivity index (χ3n) is 8.68. The van der Waals surface area contributed by atoms with E-state index in [0.29, 0.717) is 19.0 Å². The lowest BCUT2D eigenvalue weighted by Gasteiger charge is -2.52. The molecule has 0 aromatic rings. The van der Waals surface area contributed by atoms with Crippen LogP contribution < -0.4 is 38.9 Å². The lowest BCUT2D eigenvalue weighted by Crippen LogP contribution is -2.70. The van der Waals surface area contributed by atoms with Gasteiger partial charge in [0, 0.05) is 62.8 Å². The van der Waals surface area contributed by atoms with Gasteiger partial charge in [-0.25, -0.2) is 0 Å². The van der Waals surface area contributed by atoms with E-state index in [1.165, 1.54) is 0 Å². The number of ether oxygens (including phenoxy) is 3. The maximum atomic E-state index is 11.8. The summed E-state index contributed by atoms with van der Waals surface area (Å²) in [5, 5.41) is 62.6. The van der Waals surface area contributed by atoms with Crippen LogP contribution in [0.1, 0.15) is 19.3 Å². The number of hydrogen-bond donors (Lipinski definition) is 12. The van der Waals surface area contributed by atoms with E-state index in [2.05, 4.69) is 16.0 Å². The van der Waals surface area contributed by atoms with E-state index in [4.69, 9.17) is 37.1 Å². The zero-order valence-corrected chi connectivity index (χ0v) is 22.3. The van der Waals surface area contributed by atoms with Gasteiger partial charge in [-0.05, 0) is 19.3 Å². The van der Waals surface area contributed by atoms with Crippen LogP contribution in [-0.4, -0.2) is 150 Å². The molecule has 0 radical (unpaired) electrons. The highest BCUT2D eigenvalue weighted by Gasteiger charge is 2.53. The summed E-state index contributed by atoms with van der Waals surface area (Å²) in [5.74, 6) is -0.555. The molecule has 15 nitrogen and oxygen atoms in total. The summed E-state index contributed by atoms with van der Waals surface area (Å²) in [6.07, 6.45) is -6.76. The number of nitrogens with two attached hydrogens (primary N) is 4. The Kier molecular flexibility index (Phi) is 11.3. The highest BCUT2D eigenvalue weighted by Crippen LogP contribution is 2.37. The van der Waals surface area contributed by atoms with Crippen molar-refractivity contribution < 1.29 is 39.7 Å². The van der Waals surface area contributed by atoms with Crippen LogP contribution in [0.15, 0.2) is 0 Å². The molecule has 0 spiro atoms. The summed E-state index contributed by atoms with van der Waals surface area (Å²) in [6, 6.07) is -1.95. The van der Waals surface area contributed by atoms with Gasteiger partial charge in [-0.1, -0.05) is 0 Å². The Morgan fingerprint density at radius 1 is 1.00 bits per heavy atom. The molecular formula is C24H49N7O8. The Hall–Kier alpha value is -0.600. The van der Waals surface area contributed by atoms with Gasteiger partial charge in [0.2, 0.25) is 0 Å². The van der Waals surface area contributed by atoms with Gasteiger partial charge in [0.1, 0.15) is 24.4 Å². The van der Waals surface area contributed by atoms with E-state index in [0.717, 1.165) is 25.9 Å². The standard InChI is InChI=1S/C24H49N7O8/c25-4-11(33)8-30-15-3-13(27)17(22-14(31-10-6-29-7-10)2-1-12(5-26)37-22)20(35)23(15)39-24-21(36)18(28)19(34)16(9-32)38-24/h10-24,29-36H,1-9,25-28H2. The molecule has 4 fully saturated rings. The minimum Gasteiger partial charge on any atom is -0.394 e. The van der Waals surface area contributed by atoms with Gasteiger partial charge in [-0.2, -0.15) is 0 Å². The van der Waals surface area contributed by atoms with E-state index in [1.807, 2.05) is 0 Å². The summed E-state index contributed by atoms with van der Waals surface area (Å²) < 4.78 is 18.3. The molecule has 0 aromatic heterocycles. The molecule has 15 heteroatoms. The van der Waals surface area contributed by atoms with E-state index < -0.39 is 79.7 Å². The van der Waals surface area contributed by atoms with Crippen molar-refractivity contribution in [3.8, 4) is 0 Å². The molecule has 14 atom stereocenters. The van der Waals surface area contributed by atoms with Crippen LogP contribution in [-0.2, 0) is 14.2 Å². The smallest absolute Gasteiger partial charge is 0.186 e. The number of hydrogen-bond acceptors (Lipinski definition) is 15. The minimum absolute atomic E-state index is 0.0393. The van der Waals surface area contributed by atoms with Crippen molar-refractivity contribution in [1.29, 1.82) is 0 Å². The number of nitrogens with one attached hydrogen (secondary N) is 3. The fraction of sp³-hybridized carbons (Fsp3) is 1.00. The zero-order valence-electron chi connectivity index (χ0n) is 22.3. The van der Waals surface area contributed by atoms with Crippen LogP contribution in [0.2, 0.25) is 0 Å². The first-order valence-electron chi connectivity index (χ1n) is 14.1. The molecule has 4 rings (SSSR count). The highest BCUT2D eigenvalue weighted by molar-refractivity contribution is 5.06. The Balaban J connectivity index is 1.57. The quantitative estimate of drug-likeness (QED) is 0.111. The van der Waals surface area contributed by atoms with Crippen molar-refractivity contribution in [2.24, 2.45) is 28.9 Å². The Bertz CT molecular complexity index is 755. The van der Waals surface area contributed by atoms with E-state index >= 15 is 0 Å². The average Bonchev–Trinajstić information content (AvgIpc) is 2.91. The number of rotatable bonds is 11. The van der Waals surface area contributed by atoms with Crippen LogP contribution in [0.5, 0.6) is 0 Å². The molecule has 16 N–H and O–H groups in total. The average molecular weight is 564 g/mol. The van der Waals surface area contributed by atoms with E-state index in [1.54, 1.807) is 0 Å². The van der Waals surface area contributed by atoms with Gasteiger partial charge in [0.25, 0.3) is 0 Å². The van der Waals surface area contributed by atoms with E-state index in [-0.39, 0.29) is 25.2 Å². The predicted molar refractivity (Wildman–Crippen MR) is 140 cm³/mol. The molecule has 39 heavy (non-hydrogen) atoms. The minimum atomic E-state index is -1.42. The molecular weight excluding hydrogens is 514 g/mol. The van der Waals surface area contributed by atoms with Crippen molar-refractivity contribution in [3.05, 3.63) is 0 Å². The van der Waals surface area contributed by atoms with Crippen molar-refractivity contribution >= 4 is 0 Å². The van der Waals surface area contributed by atoms with Gasteiger partial charge in [0.15, 0.2) is 6.29 Å². The predicted octanol–water partition coefficient (Wildman–Crippen LogP) is -6.44. The molecule has 228 valence electrons. The van der Waals surface area contributed by atoms with E-state index in [9.17, 15) is 25.5 Å². The molecule has 0 bridgehead atoms. The second-order valence-corrected chi connectivity index (χ2v) is 11.4. The first-order chi connectivity index (χ1) is 18.7. The second-order valence-electron chi connectivity index (χ2n) is 11.4. The SMILES string of the molecule is NCC(O)CNC1CC(N)C(C2OC(CN)CCC2NC2CNC2)C(O)C1OC1OC(CO)C(O)C(N)C1O. The van der Waals surface area contributed by atoms with Crippen LogP contribution in [0.4, 0.5) is 0 Å². The molecule has 3 saturated heterocycles. The third-order valence-corrected chi connectivity index (χ3v) is 8.68. The molecule has 3 aliphatic heterocycles. The summed E-state index contributed by atoms with van der Waals surface area (Å²) in [5.41, 5.74) is 24.2. The van der Waals surface area contributed by atoms with Crippen molar-refractivity contribution in [1.82, 2.24) is 16.0 Å². The number of aliphatic hydroxyl groups excluding tert-OH is 5. The van der Waals surface area contributed by atoms with Crippen LogP contribution in [0.3, 0.4) is 0 Å². The lowest BCUT2D eigenvalue weighted by molar-refractivity contribution is -0.306. The molecule has 0 aromatic carbocycles. The maximum absolute atomic E-state index is 11.8. The summed E-state index contributed by atoms with van der Waals surface area (Å²) in [6.45, 7) is 1.67. The van der Waals surface area contributed by atoms with Gasteiger partial charge in [-0.3, -0.25) is 0 Å². The Morgan fingerprint density at radius 3 is 2.36 bits per heavy atom. The largest absolute Gasteiger partial charge is 0.394 e. The van der Waals surface area contributed by atoms with Crippen LogP contribution in [0.25, 0.3) is 0 Å². The summed E-state index contributed by atoms with van der Waals surface area (Å²) >= 11 is 0. The van der Waals surface area contributed by atoms with Crippen molar-refractivity contribution in [3.63, 3.8) is 0 Å². The van der Waals surface area contributed by atoms with Crippen LogP contribution >= 0.6 is 0 Å². The van der Waals surface area contributed by atoms with Gasteiger partial charge >= 0.3 is 0 Å². The molecule has 0 amide bonds. The van der Waals surface area contributed by atoms with Gasteiger partial charge in [0.05, 0.1) is 37.1 Å². The van der Waals surface area contributed by atoms with Gasteiger partial charge < -0.3 is 78.6 Å². The highest BCUT2D eigenvalue weighted by atomic mass is 16.7. The molecule has 14 unspecified atom stereocenters. The molecule has 1 aliphatic carbocycles. The first kappa shape index (κ1) is 31.3. The molecule has 1 saturated carbocycles. The Morgan fingerprint density at radius 2 is 1.74 bits per heavy atom. The first-order valence-corrected chi connectivity index (χ1v) is 14.1. The van der Waals surface area contributed by atoms with Crippen molar-refractivity contribution in [2.75, 3.05) is 39.3 Å².